The van der Waals surface area contributed by atoms with Crippen LogP contribution in [0.15, 0.2) is 92.4 Å². The normalized spacial score (nSPS) is 12.4. The molecule has 0 saturated heterocycles. The van der Waals surface area contributed by atoms with Crippen LogP contribution in [0.1, 0.15) is 31.8 Å². The second kappa shape index (κ2) is 8.48. The molecule has 6 nitrogen and oxygen atoms in total. The molecule has 0 aliphatic heterocycles. The lowest BCUT2D eigenvalue weighted by molar-refractivity contribution is 0.0981. The monoisotopic (exact) mass is 484 g/mol. The molecule has 4 aromatic rings. The van der Waals surface area contributed by atoms with E-state index in [0.29, 0.717) is 9.79 Å². The van der Waals surface area contributed by atoms with Crippen LogP contribution in [-0.2, 0) is 0 Å². The van der Waals surface area contributed by atoms with E-state index in [4.69, 9.17) is 22.9 Å². The minimum atomic E-state index is -0.455. The van der Waals surface area contributed by atoms with Gasteiger partial charge in [0.1, 0.15) is 0 Å². The molecule has 8 heteroatoms. The summed E-state index contributed by atoms with van der Waals surface area (Å²) >= 11 is 2.74. The van der Waals surface area contributed by atoms with Gasteiger partial charge in [-0.25, -0.2) is 0 Å². The Kier molecular flexibility index (Phi) is 5.47. The highest BCUT2D eigenvalue weighted by Gasteiger charge is 2.38. The van der Waals surface area contributed by atoms with Crippen LogP contribution in [0.3, 0.4) is 0 Å². The fourth-order valence-corrected chi connectivity index (χ4v) is 5.89. The third kappa shape index (κ3) is 3.57. The summed E-state index contributed by atoms with van der Waals surface area (Å²) in [5.74, 6) is -0.908. The first kappa shape index (κ1) is 21.9. The number of hydrogen-bond donors (Lipinski definition) is 4. The smallest absolute Gasteiger partial charge is 0.198 e. The van der Waals surface area contributed by atoms with Gasteiger partial charge in [0.2, 0.25) is 0 Å². The zero-order valence-electron chi connectivity index (χ0n) is 17.9. The van der Waals surface area contributed by atoms with Crippen LogP contribution >= 0.6 is 23.5 Å². The molecule has 0 amide bonds. The number of nitrogens with two attached hydrogens (primary N) is 4. The standard InChI is InChI=1S/C26H20N4O2S2/c27-15-11-17(33-13-7-3-1-4-8-13)23(29)21-19(15)25(31)20-16(28)12-18(24(30)22(20)26(21)32)34-14-9-5-2-6-10-14/h1-12H,27-30H2. The van der Waals surface area contributed by atoms with Crippen molar-refractivity contribution in [3.05, 3.63) is 95.1 Å². The molecule has 0 saturated carbocycles. The number of rotatable bonds is 4. The van der Waals surface area contributed by atoms with Crippen LogP contribution in [0.25, 0.3) is 0 Å². The third-order valence-electron chi connectivity index (χ3n) is 5.57. The van der Waals surface area contributed by atoms with E-state index in [1.165, 1.54) is 23.5 Å². The van der Waals surface area contributed by atoms with Crippen molar-refractivity contribution in [2.45, 2.75) is 19.6 Å². The third-order valence-corrected chi connectivity index (χ3v) is 7.70. The quantitative estimate of drug-likeness (QED) is 0.259. The van der Waals surface area contributed by atoms with Crippen LogP contribution in [0.4, 0.5) is 22.7 Å². The van der Waals surface area contributed by atoms with Crippen molar-refractivity contribution in [3.63, 3.8) is 0 Å². The summed E-state index contributed by atoms with van der Waals surface area (Å²) in [7, 11) is 0. The van der Waals surface area contributed by atoms with Gasteiger partial charge in [-0.15, -0.1) is 0 Å². The van der Waals surface area contributed by atoms with Crippen LogP contribution in [0.2, 0.25) is 0 Å². The average molecular weight is 485 g/mol. The van der Waals surface area contributed by atoms with Crippen molar-refractivity contribution in [2.75, 3.05) is 22.9 Å². The van der Waals surface area contributed by atoms with Gasteiger partial charge < -0.3 is 22.9 Å². The molecule has 0 fully saturated rings. The number of ketones is 2. The largest absolute Gasteiger partial charge is 0.398 e. The summed E-state index contributed by atoms with van der Waals surface area (Å²) in [4.78, 5) is 30.3. The van der Waals surface area contributed by atoms with E-state index in [1.54, 1.807) is 12.1 Å². The van der Waals surface area contributed by atoms with Crippen LogP contribution < -0.4 is 22.9 Å². The number of benzene rings is 4. The Labute approximate surface area is 204 Å². The van der Waals surface area contributed by atoms with E-state index >= 15 is 0 Å². The molecule has 0 radical (unpaired) electrons. The molecule has 0 heterocycles. The molecule has 5 rings (SSSR count). The highest BCUT2D eigenvalue weighted by molar-refractivity contribution is 7.99. The van der Waals surface area contributed by atoms with Crippen molar-refractivity contribution in [2.24, 2.45) is 0 Å². The second-order valence-electron chi connectivity index (χ2n) is 7.74. The van der Waals surface area contributed by atoms with Gasteiger partial charge in [0, 0.05) is 31.0 Å². The summed E-state index contributed by atoms with van der Waals surface area (Å²) in [6, 6.07) is 22.4. The Morgan fingerprint density at radius 3 is 1.24 bits per heavy atom. The lowest BCUT2D eigenvalue weighted by Crippen LogP contribution is -2.27. The number of carbonyl (C=O) groups is 2. The van der Waals surface area contributed by atoms with E-state index in [9.17, 15) is 9.59 Å². The van der Waals surface area contributed by atoms with Gasteiger partial charge in [-0.05, 0) is 36.4 Å². The van der Waals surface area contributed by atoms with Crippen molar-refractivity contribution >= 4 is 57.8 Å². The number of fused-ring (bicyclic) bond motifs is 2. The summed E-state index contributed by atoms with van der Waals surface area (Å²) in [5.41, 5.74) is 26.5. The fraction of sp³-hybridized carbons (Fsp3) is 0. The highest BCUT2D eigenvalue weighted by Crippen LogP contribution is 2.46. The van der Waals surface area contributed by atoms with Gasteiger partial charge in [0.15, 0.2) is 11.6 Å². The molecule has 0 bridgehead atoms. The predicted octanol–water partition coefficient (Wildman–Crippen LogP) is 5.09. The maximum absolute atomic E-state index is 13.8. The number of carbonyl (C=O) groups excluding carboxylic acids is 2. The molecule has 0 atom stereocenters. The first-order valence-electron chi connectivity index (χ1n) is 10.4. The van der Waals surface area contributed by atoms with Crippen molar-refractivity contribution in [1.82, 2.24) is 0 Å². The Morgan fingerprint density at radius 1 is 0.500 bits per heavy atom. The molecule has 0 spiro atoms. The summed E-state index contributed by atoms with van der Waals surface area (Å²) in [5, 5.41) is 0. The maximum Gasteiger partial charge on any atom is 0.198 e. The number of anilines is 4. The minimum absolute atomic E-state index is 0.0713. The summed E-state index contributed by atoms with van der Waals surface area (Å²) < 4.78 is 0. The van der Waals surface area contributed by atoms with Gasteiger partial charge in [0.25, 0.3) is 0 Å². The fourth-order valence-electron chi connectivity index (χ4n) is 4.00. The number of nitrogen functional groups attached to an aromatic ring is 4. The van der Waals surface area contributed by atoms with E-state index < -0.39 is 11.6 Å². The van der Waals surface area contributed by atoms with Crippen molar-refractivity contribution in [1.29, 1.82) is 0 Å². The maximum atomic E-state index is 13.8. The molecule has 0 aromatic heterocycles. The van der Waals surface area contributed by atoms with Crippen molar-refractivity contribution in [3.8, 4) is 0 Å². The van der Waals surface area contributed by atoms with E-state index in [-0.39, 0.29) is 45.0 Å². The summed E-state index contributed by atoms with van der Waals surface area (Å²) in [6.45, 7) is 0. The van der Waals surface area contributed by atoms with Crippen LogP contribution in [0, 0.1) is 0 Å². The Bertz CT molecular complexity index is 1360. The zero-order chi connectivity index (χ0) is 24.0. The topological polar surface area (TPSA) is 138 Å². The van der Waals surface area contributed by atoms with Crippen molar-refractivity contribution < 1.29 is 9.59 Å². The van der Waals surface area contributed by atoms with Crippen LogP contribution in [0.5, 0.6) is 0 Å². The number of hydrogen-bond acceptors (Lipinski definition) is 8. The lowest BCUT2D eigenvalue weighted by atomic mass is 9.81. The van der Waals surface area contributed by atoms with E-state index in [1.807, 2.05) is 60.7 Å². The van der Waals surface area contributed by atoms with Gasteiger partial charge >= 0.3 is 0 Å². The molecule has 168 valence electrons. The predicted molar refractivity (Wildman–Crippen MR) is 139 cm³/mol. The minimum Gasteiger partial charge on any atom is -0.398 e. The molecule has 0 unspecified atom stereocenters. The zero-order valence-corrected chi connectivity index (χ0v) is 19.5. The van der Waals surface area contributed by atoms with E-state index in [2.05, 4.69) is 0 Å². The van der Waals surface area contributed by atoms with E-state index in [0.717, 1.165) is 9.79 Å². The van der Waals surface area contributed by atoms with Gasteiger partial charge in [-0.2, -0.15) is 0 Å². The first-order valence-corrected chi connectivity index (χ1v) is 12.0. The highest BCUT2D eigenvalue weighted by atomic mass is 32.2. The molecule has 8 N–H and O–H groups in total. The molecular formula is C26H20N4O2S2. The molecule has 4 aromatic carbocycles. The Morgan fingerprint density at radius 2 is 0.853 bits per heavy atom. The SMILES string of the molecule is Nc1cc(Sc2ccccc2)c(N)c2c1C(=O)c1c(N)cc(Sc3ccccc3)c(N)c1C2=O. The average Bonchev–Trinajstić information content (AvgIpc) is 2.83. The lowest BCUT2D eigenvalue weighted by Gasteiger charge is -2.25. The molecular weight excluding hydrogens is 464 g/mol. The Balaban J connectivity index is 1.66. The van der Waals surface area contributed by atoms with Crippen LogP contribution in [-0.4, -0.2) is 11.6 Å². The molecule has 34 heavy (non-hydrogen) atoms. The van der Waals surface area contributed by atoms with Gasteiger partial charge in [0.05, 0.1) is 33.6 Å². The Hall–Kier alpha value is -3.88. The first-order chi connectivity index (χ1) is 16.4. The molecule has 1 aliphatic rings. The summed E-state index contributed by atoms with van der Waals surface area (Å²) in [6.07, 6.45) is 0. The second-order valence-corrected chi connectivity index (χ2v) is 9.97. The van der Waals surface area contributed by atoms with Gasteiger partial charge in [-0.1, -0.05) is 59.9 Å². The van der Waals surface area contributed by atoms with Gasteiger partial charge in [-0.3, -0.25) is 9.59 Å². The molecule has 1 aliphatic carbocycles.